The van der Waals surface area contributed by atoms with Crippen LogP contribution in [-0.2, 0) is 6.54 Å². The van der Waals surface area contributed by atoms with Gasteiger partial charge >= 0.3 is 0 Å². The van der Waals surface area contributed by atoms with Gasteiger partial charge in [-0.2, -0.15) is 0 Å². The summed E-state index contributed by atoms with van der Waals surface area (Å²) in [7, 11) is 0. The van der Waals surface area contributed by atoms with Crippen molar-refractivity contribution in [2.45, 2.75) is 19.0 Å². The van der Waals surface area contributed by atoms with E-state index in [1.165, 1.54) is 16.7 Å². The normalized spacial score (nSPS) is 16.7. The summed E-state index contributed by atoms with van der Waals surface area (Å²) in [4.78, 5) is 15.3. The number of rotatable bonds is 5. The van der Waals surface area contributed by atoms with Crippen LogP contribution in [0.3, 0.4) is 0 Å². The fourth-order valence-electron chi connectivity index (χ4n) is 3.89. The van der Waals surface area contributed by atoms with E-state index < -0.39 is 0 Å². The predicted octanol–water partition coefficient (Wildman–Crippen LogP) is 5.53. The van der Waals surface area contributed by atoms with Crippen LogP contribution >= 0.6 is 0 Å². The van der Waals surface area contributed by atoms with Gasteiger partial charge < -0.3 is 0 Å². The maximum Gasteiger partial charge on any atom is 0.164 e. The Kier molecular flexibility index (Phi) is 4.99. The Morgan fingerprint density at radius 3 is 2.26 bits per heavy atom. The lowest BCUT2D eigenvalue weighted by atomic mass is 9.86. The molecule has 1 atom stereocenters. The van der Waals surface area contributed by atoms with Gasteiger partial charge in [0.1, 0.15) is 0 Å². The number of fused-ring (bicyclic) bond motifs is 1. The molecule has 1 aliphatic heterocycles. The molecule has 3 aromatic carbocycles. The lowest BCUT2D eigenvalue weighted by molar-refractivity contribution is 0.0917. The zero-order chi connectivity index (χ0) is 18.6. The average molecular weight is 353 g/mol. The highest BCUT2D eigenvalue weighted by Crippen LogP contribution is 2.38. The lowest BCUT2D eigenvalue weighted by Gasteiger charge is -2.38. The van der Waals surface area contributed by atoms with Gasteiger partial charge in [-0.3, -0.25) is 9.69 Å². The van der Waals surface area contributed by atoms with Crippen molar-refractivity contribution in [1.29, 1.82) is 0 Å². The minimum absolute atomic E-state index is 0.0552. The average Bonchev–Trinajstić information content (AvgIpc) is 2.72. The summed E-state index contributed by atoms with van der Waals surface area (Å²) in [5.41, 5.74) is 5.53. The second kappa shape index (κ2) is 7.73. The van der Waals surface area contributed by atoms with Gasteiger partial charge in [0.05, 0.1) is 0 Å². The largest absolute Gasteiger partial charge is 0.294 e. The van der Waals surface area contributed by atoms with E-state index in [9.17, 15) is 4.79 Å². The molecule has 2 nitrogen and oxygen atoms in total. The number of hydrogen-bond donors (Lipinski definition) is 0. The molecule has 0 fully saturated rings. The first-order chi connectivity index (χ1) is 13.2. The molecule has 0 amide bonds. The maximum atomic E-state index is 13.0. The Morgan fingerprint density at radius 1 is 0.889 bits per heavy atom. The van der Waals surface area contributed by atoms with E-state index in [1.54, 1.807) is 0 Å². The number of benzene rings is 3. The molecule has 0 aliphatic carbocycles. The Bertz CT molecular complexity index is 946. The molecule has 0 bridgehead atoms. The van der Waals surface area contributed by atoms with Crippen LogP contribution in [0.25, 0.3) is 5.57 Å². The van der Waals surface area contributed by atoms with E-state index in [2.05, 4.69) is 53.9 Å². The van der Waals surface area contributed by atoms with Crippen molar-refractivity contribution in [2.24, 2.45) is 0 Å². The monoisotopic (exact) mass is 353 g/mol. The Balaban J connectivity index is 1.67. The van der Waals surface area contributed by atoms with E-state index in [-0.39, 0.29) is 11.8 Å². The van der Waals surface area contributed by atoms with Gasteiger partial charge in [-0.15, -0.1) is 0 Å². The summed E-state index contributed by atoms with van der Waals surface area (Å²) in [6, 6.07) is 28.4. The molecule has 0 aromatic heterocycles. The van der Waals surface area contributed by atoms with Gasteiger partial charge in [0, 0.05) is 31.1 Å². The van der Waals surface area contributed by atoms with Crippen LogP contribution < -0.4 is 0 Å². The van der Waals surface area contributed by atoms with Crippen LogP contribution in [0.1, 0.15) is 39.5 Å². The van der Waals surface area contributed by atoms with Gasteiger partial charge in [-0.25, -0.2) is 0 Å². The molecule has 1 heterocycles. The van der Waals surface area contributed by atoms with Crippen molar-refractivity contribution < 1.29 is 4.79 Å². The van der Waals surface area contributed by atoms with Gasteiger partial charge in [0.25, 0.3) is 0 Å². The zero-order valence-corrected chi connectivity index (χ0v) is 15.3. The number of ketones is 1. The standard InChI is InChI=1S/C25H23NO/c1-19-17-26(18-20-10-4-2-5-11-20)24(23-15-9-8-14-22(19)23)16-25(27)21-12-6-3-7-13-21/h2-15,24H,1,16-18H2. The molecule has 0 saturated carbocycles. The summed E-state index contributed by atoms with van der Waals surface area (Å²) in [6.45, 7) is 5.88. The zero-order valence-electron chi connectivity index (χ0n) is 15.3. The molecule has 1 unspecified atom stereocenters. The molecule has 0 saturated heterocycles. The number of carbonyl (C=O) groups is 1. The van der Waals surface area contributed by atoms with Crippen LogP contribution in [0, 0.1) is 0 Å². The smallest absolute Gasteiger partial charge is 0.164 e. The molecule has 0 radical (unpaired) electrons. The Morgan fingerprint density at radius 2 is 1.52 bits per heavy atom. The highest BCUT2D eigenvalue weighted by molar-refractivity contribution is 5.96. The third-order valence-corrected chi connectivity index (χ3v) is 5.24. The summed E-state index contributed by atoms with van der Waals surface area (Å²) in [6.07, 6.45) is 0.473. The maximum absolute atomic E-state index is 13.0. The number of nitrogens with zero attached hydrogens (tertiary/aromatic N) is 1. The molecule has 2 heteroatoms. The molecular formula is C25H23NO. The highest BCUT2D eigenvalue weighted by atomic mass is 16.1. The summed E-state index contributed by atoms with van der Waals surface area (Å²) >= 11 is 0. The fraction of sp³-hybridized carbons (Fsp3) is 0.160. The molecular weight excluding hydrogens is 330 g/mol. The van der Waals surface area contributed by atoms with Crippen LogP contribution in [0.4, 0.5) is 0 Å². The third kappa shape index (κ3) is 3.76. The second-order valence-electron chi connectivity index (χ2n) is 7.09. The molecule has 134 valence electrons. The molecule has 0 spiro atoms. The number of Topliss-reactive ketones (excluding diaryl/α,β-unsaturated/α-hetero) is 1. The van der Waals surface area contributed by atoms with E-state index in [0.29, 0.717) is 6.42 Å². The summed E-state index contributed by atoms with van der Waals surface area (Å²) in [5.74, 6) is 0.181. The second-order valence-corrected chi connectivity index (χ2v) is 7.09. The van der Waals surface area contributed by atoms with Gasteiger partial charge in [0.2, 0.25) is 0 Å². The van der Waals surface area contributed by atoms with Crippen LogP contribution in [0.5, 0.6) is 0 Å². The molecule has 3 aromatic rings. The van der Waals surface area contributed by atoms with Crippen LogP contribution in [0.2, 0.25) is 0 Å². The minimum Gasteiger partial charge on any atom is -0.294 e. The van der Waals surface area contributed by atoms with Crippen molar-refractivity contribution in [1.82, 2.24) is 4.90 Å². The highest BCUT2D eigenvalue weighted by Gasteiger charge is 2.30. The van der Waals surface area contributed by atoms with Crippen molar-refractivity contribution in [2.75, 3.05) is 6.54 Å². The van der Waals surface area contributed by atoms with Crippen molar-refractivity contribution in [3.63, 3.8) is 0 Å². The third-order valence-electron chi connectivity index (χ3n) is 5.24. The molecule has 0 N–H and O–H groups in total. The van der Waals surface area contributed by atoms with E-state index in [0.717, 1.165) is 24.2 Å². The van der Waals surface area contributed by atoms with E-state index >= 15 is 0 Å². The van der Waals surface area contributed by atoms with Crippen molar-refractivity contribution in [3.8, 4) is 0 Å². The van der Waals surface area contributed by atoms with Crippen molar-refractivity contribution >= 4 is 11.4 Å². The summed E-state index contributed by atoms with van der Waals surface area (Å²) < 4.78 is 0. The molecule has 4 rings (SSSR count). The molecule has 27 heavy (non-hydrogen) atoms. The van der Waals surface area contributed by atoms with Crippen LogP contribution in [0.15, 0.2) is 91.5 Å². The first-order valence-electron chi connectivity index (χ1n) is 9.35. The summed E-state index contributed by atoms with van der Waals surface area (Å²) in [5, 5.41) is 0. The molecule has 1 aliphatic rings. The first kappa shape index (κ1) is 17.4. The van der Waals surface area contributed by atoms with Crippen LogP contribution in [-0.4, -0.2) is 17.2 Å². The predicted molar refractivity (Wildman–Crippen MR) is 110 cm³/mol. The van der Waals surface area contributed by atoms with Gasteiger partial charge in [0.15, 0.2) is 5.78 Å². The van der Waals surface area contributed by atoms with Crippen molar-refractivity contribution in [3.05, 3.63) is 114 Å². The number of hydrogen-bond acceptors (Lipinski definition) is 2. The topological polar surface area (TPSA) is 20.3 Å². The minimum atomic E-state index is 0.0552. The lowest BCUT2D eigenvalue weighted by Crippen LogP contribution is -2.35. The van der Waals surface area contributed by atoms with E-state index in [1.807, 2.05) is 42.5 Å². The first-order valence-corrected chi connectivity index (χ1v) is 9.35. The van der Waals surface area contributed by atoms with E-state index in [4.69, 9.17) is 0 Å². The van der Waals surface area contributed by atoms with Gasteiger partial charge in [-0.1, -0.05) is 91.5 Å². The Labute approximate surface area is 160 Å². The SMILES string of the molecule is C=C1CN(Cc2ccccc2)C(CC(=O)c2ccccc2)c2ccccc21. The fourth-order valence-corrected chi connectivity index (χ4v) is 3.89. The Hall–Kier alpha value is -2.97. The van der Waals surface area contributed by atoms with Gasteiger partial charge in [-0.05, 0) is 22.3 Å². The number of carbonyl (C=O) groups excluding carboxylic acids is 1. The quantitative estimate of drug-likeness (QED) is 0.562.